The van der Waals surface area contributed by atoms with Gasteiger partial charge >= 0.3 is 0 Å². The highest BCUT2D eigenvalue weighted by Crippen LogP contribution is 2.19. The van der Waals surface area contributed by atoms with E-state index in [4.69, 9.17) is 4.42 Å². The zero-order chi connectivity index (χ0) is 11.4. The molecule has 1 aromatic carbocycles. The average Bonchev–Trinajstić information content (AvgIpc) is 2.79. The van der Waals surface area contributed by atoms with Gasteiger partial charge in [0.25, 0.3) is 5.69 Å². The second kappa shape index (κ2) is 4.39. The number of rotatable bonds is 3. The maximum absolute atomic E-state index is 10.5. The first-order valence-electron chi connectivity index (χ1n) is 4.58. The summed E-state index contributed by atoms with van der Waals surface area (Å²) in [4.78, 5) is 14.1. The van der Waals surface area contributed by atoms with Crippen molar-refractivity contribution in [3.05, 3.63) is 58.5 Å². The molecule has 0 saturated heterocycles. The molecule has 0 N–H and O–H groups in total. The van der Waals surface area contributed by atoms with Crippen LogP contribution >= 0.6 is 0 Å². The fourth-order valence-corrected chi connectivity index (χ4v) is 1.19. The molecule has 5 nitrogen and oxygen atoms in total. The molecule has 1 heterocycles. The molecule has 2 rings (SSSR count). The summed E-state index contributed by atoms with van der Waals surface area (Å²) in [6.07, 6.45) is 3.05. The monoisotopic (exact) mass is 216 g/mol. The Labute approximate surface area is 91.2 Å². The number of benzene rings is 1. The lowest BCUT2D eigenvalue weighted by molar-refractivity contribution is -0.384. The van der Waals surface area contributed by atoms with Crippen LogP contribution < -0.4 is 0 Å². The van der Waals surface area contributed by atoms with E-state index in [1.807, 2.05) is 0 Å². The van der Waals surface area contributed by atoms with Crippen molar-refractivity contribution >= 4 is 17.6 Å². The molecular weight excluding hydrogens is 208 g/mol. The Morgan fingerprint density at radius 2 is 2.19 bits per heavy atom. The Morgan fingerprint density at radius 1 is 1.31 bits per heavy atom. The van der Waals surface area contributed by atoms with Gasteiger partial charge in [-0.1, -0.05) is 6.07 Å². The molecule has 2 aromatic rings. The van der Waals surface area contributed by atoms with Crippen molar-refractivity contribution in [3.8, 4) is 0 Å². The van der Waals surface area contributed by atoms with E-state index >= 15 is 0 Å². The predicted octanol–water partition coefficient (Wildman–Crippen LogP) is 2.94. The smallest absolute Gasteiger partial charge is 0.271 e. The van der Waals surface area contributed by atoms with Crippen LogP contribution in [-0.2, 0) is 0 Å². The minimum absolute atomic E-state index is 0.0223. The van der Waals surface area contributed by atoms with E-state index in [-0.39, 0.29) is 5.69 Å². The summed E-state index contributed by atoms with van der Waals surface area (Å²) in [5.74, 6) is 0.603. The number of non-ortho nitro benzene ring substituents is 1. The molecule has 0 saturated carbocycles. The molecule has 0 aliphatic heterocycles. The van der Waals surface area contributed by atoms with E-state index < -0.39 is 4.92 Å². The van der Waals surface area contributed by atoms with Crippen molar-refractivity contribution in [1.82, 2.24) is 0 Å². The summed E-state index contributed by atoms with van der Waals surface area (Å²) in [5.41, 5.74) is 0.541. The molecule has 0 spiro atoms. The predicted molar refractivity (Wildman–Crippen MR) is 59.1 cm³/mol. The number of aliphatic imine (C=N–C) groups is 1. The highest BCUT2D eigenvalue weighted by Gasteiger charge is 2.04. The van der Waals surface area contributed by atoms with E-state index in [0.29, 0.717) is 11.4 Å². The molecule has 16 heavy (non-hydrogen) atoms. The zero-order valence-electron chi connectivity index (χ0n) is 8.24. The second-order valence-corrected chi connectivity index (χ2v) is 3.05. The third-order valence-corrected chi connectivity index (χ3v) is 1.92. The van der Waals surface area contributed by atoms with Gasteiger partial charge in [-0.15, -0.1) is 0 Å². The van der Waals surface area contributed by atoms with Crippen LogP contribution in [0, 0.1) is 10.1 Å². The van der Waals surface area contributed by atoms with Gasteiger partial charge in [-0.05, 0) is 18.2 Å². The van der Waals surface area contributed by atoms with Crippen LogP contribution in [0.4, 0.5) is 11.4 Å². The average molecular weight is 216 g/mol. The first kappa shape index (κ1) is 10.1. The topological polar surface area (TPSA) is 68.6 Å². The van der Waals surface area contributed by atoms with Gasteiger partial charge in [0.2, 0.25) is 0 Å². The van der Waals surface area contributed by atoms with E-state index in [2.05, 4.69) is 4.99 Å². The lowest BCUT2D eigenvalue weighted by Gasteiger charge is -1.93. The molecule has 80 valence electrons. The number of nitro groups is 1. The molecule has 0 amide bonds. The normalized spacial score (nSPS) is 10.8. The van der Waals surface area contributed by atoms with Crippen molar-refractivity contribution in [2.75, 3.05) is 0 Å². The van der Waals surface area contributed by atoms with E-state index in [1.165, 1.54) is 24.6 Å². The fraction of sp³-hybridized carbons (Fsp3) is 0. The minimum atomic E-state index is -0.452. The van der Waals surface area contributed by atoms with Crippen molar-refractivity contribution in [2.45, 2.75) is 0 Å². The summed E-state index contributed by atoms with van der Waals surface area (Å²) >= 11 is 0. The van der Waals surface area contributed by atoms with Crippen molar-refractivity contribution in [1.29, 1.82) is 0 Å². The zero-order valence-corrected chi connectivity index (χ0v) is 8.24. The van der Waals surface area contributed by atoms with Crippen LogP contribution in [0.25, 0.3) is 0 Å². The summed E-state index contributed by atoms with van der Waals surface area (Å²) in [7, 11) is 0. The molecule has 5 heteroatoms. The molecular formula is C11H8N2O3. The lowest BCUT2D eigenvalue weighted by Crippen LogP contribution is -1.86. The van der Waals surface area contributed by atoms with Gasteiger partial charge in [-0.3, -0.25) is 15.1 Å². The van der Waals surface area contributed by atoms with Crippen LogP contribution in [0.5, 0.6) is 0 Å². The van der Waals surface area contributed by atoms with Gasteiger partial charge in [0.05, 0.1) is 23.1 Å². The number of hydrogen-bond donors (Lipinski definition) is 0. The molecule has 0 bridgehead atoms. The maximum Gasteiger partial charge on any atom is 0.271 e. The highest BCUT2D eigenvalue weighted by atomic mass is 16.6. The third-order valence-electron chi connectivity index (χ3n) is 1.92. The van der Waals surface area contributed by atoms with Crippen LogP contribution in [0.15, 0.2) is 52.1 Å². The number of hydrogen-bond acceptors (Lipinski definition) is 4. The first-order valence-corrected chi connectivity index (χ1v) is 4.58. The molecule has 0 aliphatic rings. The minimum Gasteiger partial charge on any atom is -0.463 e. The van der Waals surface area contributed by atoms with Gasteiger partial charge in [-0.2, -0.15) is 0 Å². The molecule has 0 aliphatic carbocycles. The van der Waals surface area contributed by atoms with Crippen LogP contribution in [0.2, 0.25) is 0 Å². The molecule has 0 unspecified atom stereocenters. The molecule has 1 aromatic heterocycles. The third kappa shape index (κ3) is 2.33. The van der Waals surface area contributed by atoms with Crippen LogP contribution in [0.3, 0.4) is 0 Å². The number of furan rings is 1. The maximum atomic E-state index is 10.5. The largest absolute Gasteiger partial charge is 0.463 e. The van der Waals surface area contributed by atoms with Gasteiger partial charge in [0, 0.05) is 12.1 Å². The standard InChI is InChI=1S/C11H8N2O3/c14-13(15)10-4-1-3-9(7-10)12-8-11-5-2-6-16-11/h1-8H. The number of nitrogens with zero attached hydrogens (tertiary/aromatic N) is 2. The van der Waals surface area contributed by atoms with Crippen LogP contribution in [0.1, 0.15) is 5.76 Å². The molecule has 0 radical (unpaired) electrons. The van der Waals surface area contributed by atoms with Crippen molar-refractivity contribution < 1.29 is 9.34 Å². The summed E-state index contributed by atoms with van der Waals surface area (Å²) in [6, 6.07) is 9.60. The van der Waals surface area contributed by atoms with E-state index in [9.17, 15) is 10.1 Å². The van der Waals surface area contributed by atoms with Gasteiger partial charge < -0.3 is 4.42 Å². The molecule has 0 fully saturated rings. The molecule has 0 atom stereocenters. The van der Waals surface area contributed by atoms with Gasteiger partial charge in [0.15, 0.2) is 0 Å². The second-order valence-electron chi connectivity index (χ2n) is 3.05. The van der Waals surface area contributed by atoms with Crippen LogP contribution in [-0.4, -0.2) is 11.1 Å². The fourth-order valence-electron chi connectivity index (χ4n) is 1.19. The Kier molecular flexibility index (Phi) is 2.77. The highest BCUT2D eigenvalue weighted by molar-refractivity contribution is 5.78. The Bertz CT molecular complexity index is 518. The van der Waals surface area contributed by atoms with Crippen molar-refractivity contribution in [3.63, 3.8) is 0 Å². The summed E-state index contributed by atoms with van der Waals surface area (Å²) < 4.78 is 5.05. The lowest BCUT2D eigenvalue weighted by atomic mass is 10.3. The summed E-state index contributed by atoms with van der Waals surface area (Å²) in [5, 5.41) is 10.5. The SMILES string of the molecule is O=[N+]([O-])c1cccc(N=Cc2ccco2)c1. The van der Waals surface area contributed by atoms with E-state index in [0.717, 1.165) is 0 Å². The first-order chi connectivity index (χ1) is 7.75. The number of nitro benzene ring substituents is 1. The van der Waals surface area contributed by atoms with Gasteiger partial charge in [0.1, 0.15) is 5.76 Å². The summed E-state index contributed by atoms with van der Waals surface area (Å²) in [6.45, 7) is 0. The van der Waals surface area contributed by atoms with E-state index in [1.54, 1.807) is 24.3 Å². The Balaban J connectivity index is 2.22. The Morgan fingerprint density at radius 3 is 2.88 bits per heavy atom. The Hall–Kier alpha value is -2.43. The van der Waals surface area contributed by atoms with Crippen molar-refractivity contribution in [2.24, 2.45) is 4.99 Å². The quantitative estimate of drug-likeness (QED) is 0.450. The van der Waals surface area contributed by atoms with Gasteiger partial charge in [-0.25, -0.2) is 0 Å².